The van der Waals surface area contributed by atoms with Gasteiger partial charge in [-0.15, -0.1) is 0 Å². The molecule has 17 heavy (non-hydrogen) atoms. The van der Waals surface area contributed by atoms with Gasteiger partial charge in [0.2, 0.25) is 5.91 Å². The maximum atomic E-state index is 11.9. The predicted octanol–water partition coefficient (Wildman–Crippen LogP) is 1.96. The lowest BCUT2D eigenvalue weighted by atomic mass is 9.83. The first-order valence-electron chi connectivity index (χ1n) is 5.97. The highest BCUT2D eigenvalue weighted by atomic mass is 19.4. The largest absolute Gasteiger partial charge is 0.390 e. The summed E-state index contributed by atoms with van der Waals surface area (Å²) >= 11 is 0. The quantitative estimate of drug-likeness (QED) is 0.803. The molecule has 0 aliphatic heterocycles. The van der Waals surface area contributed by atoms with Gasteiger partial charge in [0, 0.05) is 19.0 Å². The Labute approximate surface area is 98.9 Å². The van der Waals surface area contributed by atoms with Gasteiger partial charge in [-0.2, -0.15) is 13.2 Å². The first kappa shape index (κ1) is 14.3. The molecular weight excluding hydrogens is 233 g/mol. The maximum Gasteiger partial charge on any atom is 0.390 e. The van der Waals surface area contributed by atoms with Crippen molar-refractivity contribution in [1.29, 1.82) is 0 Å². The average molecular weight is 252 g/mol. The molecule has 0 bridgehead atoms. The fraction of sp³-hybridized carbons (Fsp3) is 0.909. The Morgan fingerprint density at radius 1 is 1.29 bits per heavy atom. The predicted molar refractivity (Wildman–Crippen MR) is 58.2 cm³/mol. The molecule has 2 unspecified atom stereocenters. The van der Waals surface area contributed by atoms with Crippen LogP contribution in [-0.2, 0) is 4.79 Å². The van der Waals surface area contributed by atoms with E-state index in [9.17, 15) is 18.0 Å². The van der Waals surface area contributed by atoms with Crippen LogP contribution in [0.25, 0.3) is 0 Å². The molecule has 0 saturated heterocycles. The third-order valence-corrected chi connectivity index (χ3v) is 3.15. The van der Waals surface area contributed by atoms with Crippen LogP contribution in [0.1, 0.15) is 38.5 Å². The summed E-state index contributed by atoms with van der Waals surface area (Å²) in [5, 5.41) is 2.29. The van der Waals surface area contributed by atoms with Gasteiger partial charge in [-0.3, -0.25) is 4.79 Å². The van der Waals surface area contributed by atoms with Crippen molar-refractivity contribution in [2.75, 3.05) is 6.54 Å². The van der Waals surface area contributed by atoms with Gasteiger partial charge in [-0.1, -0.05) is 12.8 Å². The van der Waals surface area contributed by atoms with Gasteiger partial charge in [0.05, 0.1) is 6.42 Å². The number of nitrogens with two attached hydrogens (primary N) is 1. The highest BCUT2D eigenvalue weighted by molar-refractivity contribution is 5.76. The summed E-state index contributed by atoms with van der Waals surface area (Å²) in [6.45, 7) is -0.343. The Bertz CT molecular complexity index is 256. The third-order valence-electron chi connectivity index (χ3n) is 3.15. The number of amides is 1. The number of rotatable bonds is 4. The molecule has 1 saturated carbocycles. The van der Waals surface area contributed by atoms with Gasteiger partial charge in [0.25, 0.3) is 0 Å². The number of hydrogen-bond donors (Lipinski definition) is 2. The maximum absolute atomic E-state index is 11.9. The third kappa shape index (κ3) is 5.91. The molecule has 1 aliphatic carbocycles. The van der Waals surface area contributed by atoms with Crippen molar-refractivity contribution in [3.05, 3.63) is 0 Å². The van der Waals surface area contributed by atoms with Crippen LogP contribution >= 0.6 is 0 Å². The van der Waals surface area contributed by atoms with Crippen molar-refractivity contribution in [2.24, 2.45) is 11.7 Å². The lowest BCUT2D eigenvalue weighted by Crippen LogP contribution is -2.37. The Balaban J connectivity index is 2.20. The molecule has 0 spiro atoms. The van der Waals surface area contributed by atoms with E-state index >= 15 is 0 Å². The second kappa shape index (κ2) is 6.23. The Morgan fingerprint density at radius 2 is 1.94 bits per heavy atom. The van der Waals surface area contributed by atoms with E-state index in [0.717, 1.165) is 25.7 Å². The topological polar surface area (TPSA) is 55.1 Å². The molecule has 0 radical (unpaired) electrons. The van der Waals surface area contributed by atoms with Crippen LogP contribution in [0.4, 0.5) is 13.2 Å². The summed E-state index contributed by atoms with van der Waals surface area (Å²) in [4.78, 5) is 11.4. The van der Waals surface area contributed by atoms with Crippen LogP contribution in [0.2, 0.25) is 0 Å². The van der Waals surface area contributed by atoms with Crippen LogP contribution in [0.5, 0.6) is 0 Å². The Hall–Kier alpha value is -0.780. The zero-order valence-corrected chi connectivity index (χ0v) is 9.72. The van der Waals surface area contributed by atoms with Crippen molar-refractivity contribution < 1.29 is 18.0 Å². The number of nitrogens with one attached hydrogen (secondary N) is 1. The van der Waals surface area contributed by atoms with Gasteiger partial charge >= 0.3 is 6.18 Å². The minimum atomic E-state index is -4.21. The molecule has 100 valence electrons. The summed E-state index contributed by atoms with van der Waals surface area (Å²) in [5.74, 6) is -0.203. The molecule has 3 N–H and O–H groups in total. The first-order valence-corrected chi connectivity index (χ1v) is 5.97. The van der Waals surface area contributed by atoms with E-state index in [2.05, 4.69) is 5.32 Å². The van der Waals surface area contributed by atoms with Gasteiger partial charge in [-0.05, 0) is 18.8 Å². The molecule has 6 heteroatoms. The van der Waals surface area contributed by atoms with Crippen molar-refractivity contribution in [2.45, 2.75) is 50.7 Å². The summed E-state index contributed by atoms with van der Waals surface area (Å²) < 4.78 is 35.6. The number of halogens is 3. The normalized spacial score (nSPS) is 25.6. The van der Waals surface area contributed by atoms with Crippen molar-refractivity contribution in [3.63, 3.8) is 0 Å². The number of hydrogen-bond acceptors (Lipinski definition) is 2. The number of alkyl halides is 3. The smallest absolute Gasteiger partial charge is 0.356 e. The van der Waals surface area contributed by atoms with Gasteiger partial charge < -0.3 is 11.1 Å². The molecular formula is C11H19F3N2O. The van der Waals surface area contributed by atoms with E-state index in [0.29, 0.717) is 0 Å². The minimum absolute atomic E-state index is 0.0112. The molecule has 0 heterocycles. The van der Waals surface area contributed by atoms with E-state index in [-0.39, 0.29) is 30.8 Å². The lowest BCUT2D eigenvalue weighted by molar-refractivity contribution is -0.135. The highest BCUT2D eigenvalue weighted by Crippen LogP contribution is 2.25. The van der Waals surface area contributed by atoms with E-state index < -0.39 is 12.6 Å². The molecule has 2 atom stereocenters. The van der Waals surface area contributed by atoms with Crippen LogP contribution in [0.3, 0.4) is 0 Å². The molecule has 1 amide bonds. The molecule has 0 aromatic rings. The van der Waals surface area contributed by atoms with E-state index in [4.69, 9.17) is 5.73 Å². The Morgan fingerprint density at radius 3 is 2.53 bits per heavy atom. The zero-order chi connectivity index (χ0) is 12.9. The molecule has 3 nitrogen and oxygen atoms in total. The molecule has 1 fully saturated rings. The lowest BCUT2D eigenvalue weighted by Gasteiger charge is -2.27. The second-order valence-electron chi connectivity index (χ2n) is 4.63. The van der Waals surface area contributed by atoms with Crippen LogP contribution in [0, 0.1) is 5.92 Å². The Kier molecular flexibility index (Phi) is 5.24. The van der Waals surface area contributed by atoms with Crippen LogP contribution < -0.4 is 11.1 Å². The SMILES string of the molecule is NC1CCCCC1CC(=O)NCCC(F)(F)F. The molecule has 0 aromatic carbocycles. The number of carbonyl (C=O) groups excluding carboxylic acids is 1. The number of carbonyl (C=O) groups is 1. The molecule has 1 aliphatic rings. The van der Waals surface area contributed by atoms with Gasteiger partial charge in [0.15, 0.2) is 0 Å². The van der Waals surface area contributed by atoms with E-state index in [1.54, 1.807) is 0 Å². The fourth-order valence-electron chi connectivity index (χ4n) is 2.14. The second-order valence-corrected chi connectivity index (χ2v) is 4.63. The standard InChI is InChI=1S/C11H19F3N2O/c12-11(13,14)5-6-16-10(17)7-8-3-1-2-4-9(8)15/h8-9H,1-7,15H2,(H,16,17). The van der Waals surface area contributed by atoms with Gasteiger partial charge in [-0.25, -0.2) is 0 Å². The van der Waals surface area contributed by atoms with Crippen LogP contribution in [0.15, 0.2) is 0 Å². The molecule has 0 aromatic heterocycles. The van der Waals surface area contributed by atoms with Gasteiger partial charge in [0.1, 0.15) is 0 Å². The summed E-state index contributed by atoms with van der Waals surface area (Å²) in [6, 6.07) is 0.0112. The monoisotopic (exact) mass is 252 g/mol. The van der Waals surface area contributed by atoms with Crippen LogP contribution in [-0.4, -0.2) is 24.7 Å². The minimum Gasteiger partial charge on any atom is -0.356 e. The summed E-state index contributed by atoms with van der Waals surface area (Å²) in [7, 11) is 0. The first-order chi connectivity index (χ1) is 7.88. The fourth-order valence-corrected chi connectivity index (χ4v) is 2.14. The van der Waals surface area contributed by atoms with Crippen molar-refractivity contribution >= 4 is 5.91 Å². The van der Waals surface area contributed by atoms with Crippen molar-refractivity contribution in [1.82, 2.24) is 5.32 Å². The molecule has 1 rings (SSSR count). The van der Waals surface area contributed by atoms with E-state index in [1.807, 2.05) is 0 Å². The summed E-state index contributed by atoms with van der Waals surface area (Å²) in [6.07, 6.45) is -1.01. The average Bonchev–Trinajstić information content (AvgIpc) is 2.19. The zero-order valence-electron chi connectivity index (χ0n) is 9.72. The van der Waals surface area contributed by atoms with Crippen molar-refractivity contribution in [3.8, 4) is 0 Å². The van der Waals surface area contributed by atoms with E-state index in [1.165, 1.54) is 0 Å². The summed E-state index contributed by atoms with van der Waals surface area (Å²) in [5.41, 5.74) is 5.87. The highest BCUT2D eigenvalue weighted by Gasteiger charge is 2.27.